The van der Waals surface area contributed by atoms with Gasteiger partial charge in [-0.1, -0.05) is 382 Å². The van der Waals surface area contributed by atoms with Crippen molar-refractivity contribution < 1.29 is 80.2 Å². The molecular weight excluding hydrogens is 1330 g/mol. The number of rotatable bonds is 81. The summed E-state index contributed by atoms with van der Waals surface area (Å²) >= 11 is 0. The number of unbranched alkanes of at least 4 members (excludes halogenated alkanes) is 48. The number of carbonyl (C=O) groups excluding carboxylic acids is 4. The van der Waals surface area contributed by atoms with Crippen LogP contribution in [-0.2, 0) is 65.4 Å². The maximum atomic E-state index is 13.1. The van der Waals surface area contributed by atoms with Crippen LogP contribution < -0.4 is 0 Å². The molecule has 0 saturated heterocycles. The Morgan fingerprint density at radius 3 is 0.745 bits per heavy atom. The minimum Gasteiger partial charge on any atom is -0.462 e. The van der Waals surface area contributed by atoms with Crippen molar-refractivity contribution in [2.75, 3.05) is 39.6 Å². The van der Waals surface area contributed by atoms with E-state index in [4.69, 9.17) is 37.0 Å². The molecule has 0 saturated carbocycles. The predicted molar refractivity (Wildman–Crippen MR) is 418 cm³/mol. The average molecular weight is 1490 g/mol. The van der Waals surface area contributed by atoms with Gasteiger partial charge in [-0.25, -0.2) is 9.13 Å². The summed E-state index contributed by atoms with van der Waals surface area (Å²) in [6, 6.07) is 0. The van der Waals surface area contributed by atoms with Crippen LogP contribution in [0.2, 0.25) is 0 Å². The molecule has 17 nitrogen and oxygen atoms in total. The van der Waals surface area contributed by atoms with Gasteiger partial charge >= 0.3 is 39.5 Å². The number of aliphatic hydroxyl groups excluding tert-OH is 1. The molecular formula is C83H162O17P2. The van der Waals surface area contributed by atoms with Crippen molar-refractivity contribution >= 4 is 39.5 Å². The lowest BCUT2D eigenvalue weighted by Gasteiger charge is -2.21. The van der Waals surface area contributed by atoms with Crippen LogP contribution in [-0.4, -0.2) is 96.7 Å². The van der Waals surface area contributed by atoms with E-state index in [1.807, 2.05) is 0 Å². The molecule has 102 heavy (non-hydrogen) atoms. The van der Waals surface area contributed by atoms with Crippen LogP contribution in [0.3, 0.4) is 0 Å². The maximum absolute atomic E-state index is 13.1. The Kier molecular flexibility index (Phi) is 71.8. The Balaban J connectivity index is 5.24. The molecule has 0 heterocycles. The van der Waals surface area contributed by atoms with Crippen LogP contribution in [0.4, 0.5) is 0 Å². The number of hydrogen-bond donors (Lipinski definition) is 3. The third-order valence-corrected chi connectivity index (χ3v) is 21.6. The summed E-state index contributed by atoms with van der Waals surface area (Å²) in [4.78, 5) is 73.1. The van der Waals surface area contributed by atoms with Crippen molar-refractivity contribution in [3.05, 3.63) is 0 Å². The van der Waals surface area contributed by atoms with E-state index in [0.717, 1.165) is 114 Å². The minimum atomic E-state index is -4.96. The third kappa shape index (κ3) is 74.9. The van der Waals surface area contributed by atoms with E-state index in [1.54, 1.807) is 0 Å². The summed E-state index contributed by atoms with van der Waals surface area (Å²) in [5.74, 6) is 0.224. The SMILES string of the molecule is CCCCCCCCCCCCCCCCCCCC(=O)O[C@H](COC(=O)CCCCCCCCC(C)CC)COP(=O)(O)OC[C@H](O)COP(=O)(O)OC[C@@H](COC(=O)CCCCCCCCCCCCCCCCC(C)C)OC(=O)CCCCCCCCCCCCCCCCCC(C)C. The lowest BCUT2D eigenvalue weighted by Crippen LogP contribution is -2.30. The van der Waals surface area contributed by atoms with Crippen molar-refractivity contribution in [2.45, 2.75) is 452 Å². The van der Waals surface area contributed by atoms with Gasteiger partial charge in [0.1, 0.15) is 19.3 Å². The lowest BCUT2D eigenvalue weighted by atomic mass is 10.00. The highest BCUT2D eigenvalue weighted by molar-refractivity contribution is 7.47. The molecule has 0 aliphatic carbocycles. The molecule has 0 aromatic heterocycles. The first-order valence-electron chi connectivity index (χ1n) is 42.9. The summed E-state index contributed by atoms with van der Waals surface area (Å²) in [5.41, 5.74) is 0. The van der Waals surface area contributed by atoms with Gasteiger partial charge in [0.25, 0.3) is 0 Å². The molecule has 0 aromatic rings. The number of phosphoric ester groups is 2. The van der Waals surface area contributed by atoms with Crippen LogP contribution in [0.15, 0.2) is 0 Å². The second kappa shape index (κ2) is 73.2. The Morgan fingerprint density at radius 2 is 0.500 bits per heavy atom. The Morgan fingerprint density at radius 1 is 0.284 bits per heavy atom. The minimum absolute atomic E-state index is 0.107. The Labute approximate surface area is 626 Å². The molecule has 0 aromatic carbocycles. The average Bonchev–Trinajstić information content (AvgIpc) is 0.921. The van der Waals surface area contributed by atoms with Crippen molar-refractivity contribution in [1.29, 1.82) is 0 Å². The van der Waals surface area contributed by atoms with Gasteiger partial charge in [0.05, 0.1) is 26.4 Å². The molecule has 0 fully saturated rings. The summed E-state index contributed by atoms with van der Waals surface area (Å²) in [6.07, 6.45) is 62.4. The molecule has 3 N–H and O–H groups in total. The van der Waals surface area contributed by atoms with E-state index < -0.39 is 97.5 Å². The lowest BCUT2D eigenvalue weighted by molar-refractivity contribution is -0.161. The van der Waals surface area contributed by atoms with E-state index in [1.165, 1.54) is 238 Å². The zero-order chi connectivity index (χ0) is 75.1. The summed E-state index contributed by atoms with van der Waals surface area (Å²) in [7, 11) is -9.92. The summed E-state index contributed by atoms with van der Waals surface area (Å²) in [5, 5.41) is 10.7. The quantitative estimate of drug-likeness (QED) is 0.0222. The normalized spacial score (nSPS) is 14.2. The van der Waals surface area contributed by atoms with Crippen LogP contribution in [0.1, 0.15) is 434 Å². The fraction of sp³-hybridized carbons (Fsp3) is 0.952. The molecule has 3 unspecified atom stereocenters. The highest BCUT2D eigenvalue weighted by atomic mass is 31.2. The predicted octanol–water partition coefficient (Wildman–Crippen LogP) is 24.9. The van der Waals surface area contributed by atoms with Gasteiger partial charge in [0.2, 0.25) is 0 Å². The van der Waals surface area contributed by atoms with Crippen molar-refractivity contribution in [2.24, 2.45) is 17.8 Å². The first-order valence-corrected chi connectivity index (χ1v) is 45.9. The first-order chi connectivity index (χ1) is 49.3. The summed E-state index contributed by atoms with van der Waals surface area (Å²) < 4.78 is 68.8. The highest BCUT2D eigenvalue weighted by Gasteiger charge is 2.30. The van der Waals surface area contributed by atoms with Gasteiger partial charge in [-0.05, 0) is 43.4 Å². The number of esters is 4. The Hall–Kier alpha value is -1.94. The van der Waals surface area contributed by atoms with Crippen molar-refractivity contribution in [1.82, 2.24) is 0 Å². The fourth-order valence-electron chi connectivity index (χ4n) is 12.8. The van der Waals surface area contributed by atoms with E-state index in [2.05, 4.69) is 48.5 Å². The molecule has 6 atom stereocenters. The monoisotopic (exact) mass is 1490 g/mol. The van der Waals surface area contributed by atoms with Gasteiger partial charge < -0.3 is 33.8 Å². The largest absolute Gasteiger partial charge is 0.472 e. The van der Waals surface area contributed by atoms with Crippen LogP contribution >= 0.6 is 15.6 Å². The molecule has 0 aliphatic heterocycles. The van der Waals surface area contributed by atoms with Crippen LogP contribution in [0.5, 0.6) is 0 Å². The molecule has 0 aliphatic rings. The molecule has 19 heteroatoms. The van der Waals surface area contributed by atoms with Gasteiger partial charge in [0.15, 0.2) is 12.2 Å². The number of carbonyl (C=O) groups is 4. The molecule has 0 radical (unpaired) electrons. The summed E-state index contributed by atoms with van der Waals surface area (Å²) in [6.45, 7) is 12.0. The van der Waals surface area contributed by atoms with Gasteiger partial charge in [-0.3, -0.25) is 37.3 Å². The number of aliphatic hydroxyl groups is 1. The van der Waals surface area contributed by atoms with Gasteiger partial charge in [0, 0.05) is 25.7 Å². The van der Waals surface area contributed by atoms with Crippen molar-refractivity contribution in [3.8, 4) is 0 Å². The Bertz CT molecular complexity index is 1980. The molecule has 0 bridgehead atoms. The smallest absolute Gasteiger partial charge is 0.462 e. The molecule has 0 amide bonds. The standard InChI is InChI=1S/C83H162O17P2/c1-8-10-11-12-13-14-15-16-17-18-21-28-33-38-43-52-59-67-83(88)100-79(71-94-81(86)65-58-51-46-45-49-56-63-76(7)9-2)73-98-102(91,92)96-69-77(84)68-95-101(89,90)97-72-78(70-93-80(85)64-57-50-42-37-32-27-24-23-26-31-36-41-48-55-62-75(5)6)99-82(87)66-60-53-44-39-34-29-22-19-20-25-30-35-40-47-54-61-74(3)4/h74-79,84H,8-73H2,1-7H3,(H,89,90)(H,91,92)/t76?,77-,78-,79-/m1/s1. The van der Waals surface area contributed by atoms with Crippen LogP contribution in [0.25, 0.3) is 0 Å². The van der Waals surface area contributed by atoms with Gasteiger partial charge in [-0.2, -0.15) is 0 Å². The highest BCUT2D eigenvalue weighted by Crippen LogP contribution is 2.45. The zero-order valence-corrected chi connectivity index (χ0v) is 68.9. The first kappa shape index (κ1) is 100. The molecule has 0 spiro atoms. The van der Waals surface area contributed by atoms with E-state index >= 15 is 0 Å². The maximum Gasteiger partial charge on any atom is 0.472 e. The molecule has 0 rings (SSSR count). The van der Waals surface area contributed by atoms with E-state index in [0.29, 0.717) is 25.7 Å². The van der Waals surface area contributed by atoms with E-state index in [9.17, 15) is 43.2 Å². The van der Waals surface area contributed by atoms with Crippen LogP contribution in [0, 0.1) is 17.8 Å². The van der Waals surface area contributed by atoms with Crippen molar-refractivity contribution in [3.63, 3.8) is 0 Å². The van der Waals surface area contributed by atoms with E-state index in [-0.39, 0.29) is 25.7 Å². The fourth-order valence-corrected chi connectivity index (χ4v) is 14.4. The number of hydrogen-bond acceptors (Lipinski definition) is 15. The third-order valence-electron chi connectivity index (χ3n) is 19.7. The molecule has 606 valence electrons. The number of phosphoric acid groups is 2. The topological polar surface area (TPSA) is 237 Å². The second-order valence-corrected chi connectivity index (χ2v) is 34.0. The second-order valence-electron chi connectivity index (χ2n) is 31.1. The zero-order valence-electron chi connectivity index (χ0n) is 67.1. The van der Waals surface area contributed by atoms with Gasteiger partial charge in [-0.15, -0.1) is 0 Å². The number of ether oxygens (including phenoxy) is 4.